The summed E-state index contributed by atoms with van der Waals surface area (Å²) in [4.78, 5) is 16.5. The molecule has 1 heterocycles. The van der Waals surface area contributed by atoms with E-state index in [1.807, 2.05) is 4.90 Å². The maximum Gasteiger partial charge on any atom is 0.254 e. The van der Waals surface area contributed by atoms with Crippen LogP contribution in [0, 0.1) is 6.92 Å². The number of amides is 1. The molecule has 0 aliphatic carbocycles. The van der Waals surface area contributed by atoms with Crippen LogP contribution in [0.4, 0.5) is 0 Å². The SMILES string of the molecule is Cc1c(O)cccc1C(=O)N1CCN(CCCl)CC1. The van der Waals surface area contributed by atoms with Crippen LogP contribution in [0.15, 0.2) is 18.2 Å². The van der Waals surface area contributed by atoms with Gasteiger partial charge >= 0.3 is 0 Å². The number of carbonyl (C=O) groups excluding carboxylic acids is 1. The molecule has 1 aromatic rings. The minimum absolute atomic E-state index is 0.000997. The van der Waals surface area contributed by atoms with Crippen molar-refractivity contribution < 1.29 is 9.90 Å². The Bertz CT molecular complexity index is 457. The highest BCUT2D eigenvalue weighted by Crippen LogP contribution is 2.21. The fourth-order valence-electron chi connectivity index (χ4n) is 2.32. The Balaban J connectivity index is 2.03. The predicted molar refractivity (Wildman–Crippen MR) is 75.9 cm³/mol. The van der Waals surface area contributed by atoms with E-state index in [0.29, 0.717) is 30.1 Å². The third kappa shape index (κ3) is 3.19. The van der Waals surface area contributed by atoms with Crippen molar-refractivity contribution in [2.75, 3.05) is 38.6 Å². The van der Waals surface area contributed by atoms with Gasteiger partial charge in [-0.25, -0.2) is 0 Å². The molecule has 1 aliphatic rings. The number of hydrogen-bond donors (Lipinski definition) is 1. The number of aromatic hydroxyl groups is 1. The van der Waals surface area contributed by atoms with E-state index in [4.69, 9.17) is 11.6 Å². The minimum atomic E-state index is -0.000997. The van der Waals surface area contributed by atoms with Gasteiger partial charge in [-0.3, -0.25) is 9.69 Å². The smallest absolute Gasteiger partial charge is 0.254 e. The molecule has 5 heteroatoms. The topological polar surface area (TPSA) is 43.8 Å². The van der Waals surface area contributed by atoms with E-state index in [9.17, 15) is 9.90 Å². The summed E-state index contributed by atoms with van der Waals surface area (Å²) in [6.45, 7) is 5.78. The molecule has 1 N–H and O–H groups in total. The molecule has 104 valence electrons. The van der Waals surface area contributed by atoms with Gasteiger partial charge in [0.25, 0.3) is 5.91 Å². The van der Waals surface area contributed by atoms with E-state index in [2.05, 4.69) is 4.90 Å². The van der Waals surface area contributed by atoms with Crippen LogP contribution in [-0.4, -0.2) is 59.4 Å². The number of alkyl halides is 1. The Kier molecular flexibility index (Phi) is 4.66. The fraction of sp³-hybridized carbons (Fsp3) is 0.500. The Morgan fingerprint density at radius 3 is 2.63 bits per heavy atom. The van der Waals surface area contributed by atoms with Crippen LogP contribution in [0.25, 0.3) is 0 Å². The first-order valence-corrected chi connectivity index (χ1v) is 7.03. The van der Waals surface area contributed by atoms with E-state index >= 15 is 0 Å². The van der Waals surface area contributed by atoms with Gasteiger partial charge in [0.2, 0.25) is 0 Å². The van der Waals surface area contributed by atoms with Gasteiger partial charge < -0.3 is 10.0 Å². The van der Waals surface area contributed by atoms with Crippen LogP contribution >= 0.6 is 11.6 Å². The zero-order valence-corrected chi connectivity index (χ0v) is 11.9. The molecule has 1 aliphatic heterocycles. The monoisotopic (exact) mass is 282 g/mol. The summed E-state index contributed by atoms with van der Waals surface area (Å²) in [6, 6.07) is 5.08. The fourth-order valence-corrected chi connectivity index (χ4v) is 2.56. The maximum atomic E-state index is 12.4. The van der Waals surface area contributed by atoms with Gasteiger partial charge in [0.15, 0.2) is 0 Å². The van der Waals surface area contributed by atoms with Crippen molar-refractivity contribution in [3.05, 3.63) is 29.3 Å². The number of phenols is 1. The van der Waals surface area contributed by atoms with Crippen LogP contribution in [0.5, 0.6) is 5.75 Å². The van der Waals surface area contributed by atoms with E-state index in [0.717, 1.165) is 19.6 Å². The first-order valence-electron chi connectivity index (χ1n) is 6.49. The van der Waals surface area contributed by atoms with Crippen LogP contribution in [0.3, 0.4) is 0 Å². The molecular weight excluding hydrogens is 264 g/mol. The minimum Gasteiger partial charge on any atom is -0.508 e. The lowest BCUT2D eigenvalue weighted by atomic mass is 10.1. The molecule has 19 heavy (non-hydrogen) atoms. The molecule has 1 fully saturated rings. The number of hydrogen-bond acceptors (Lipinski definition) is 3. The summed E-state index contributed by atoms with van der Waals surface area (Å²) in [7, 11) is 0. The molecule has 4 nitrogen and oxygen atoms in total. The van der Waals surface area contributed by atoms with E-state index in [1.54, 1.807) is 25.1 Å². The highest BCUT2D eigenvalue weighted by Gasteiger charge is 2.23. The van der Waals surface area contributed by atoms with Gasteiger partial charge in [-0.05, 0) is 19.1 Å². The lowest BCUT2D eigenvalue weighted by Gasteiger charge is -2.34. The number of benzene rings is 1. The van der Waals surface area contributed by atoms with Crippen molar-refractivity contribution in [1.82, 2.24) is 9.80 Å². The Labute approximate surface area is 118 Å². The largest absolute Gasteiger partial charge is 0.508 e. The summed E-state index contributed by atoms with van der Waals surface area (Å²) in [6.07, 6.45) is 0. The number of nitrogens with zero attached hydrogens (tertiary/aromatic N) is 2. The maximum absolute atomic E-state index is 12.4. The van der Waals surface area contributed by atoms with Crippen LogP contribution in [-0.2, 0) is 0 Å². The van der Waals surface area contributed by atoms with Gasteiger partial charge in [0.1, 0.15) is 5.75 Å². The number of rotatable bonds is 3. The molecule has 0 radical (unpaired) electrons. The van der Waals surface area contributed by atoms with Crippen molar-refractivity contribution in [1.29, 1.82) is 0 Å². The average Bonchev–Trinajstić information content (AvgIpc) is 2.42. The van der Waals surface area contributed by atoms with E-state index in [1.165, 1.54) is 0 Å². The zero-order valence-electron chi connectivity index (χ0n) is 11.1. The first kappa shape index (κ1) is 14.2. The molecule has 2 rings (SSSR count). The molecule has 0 spiro atoms. The number of halogens is 1. The van der Waals surface area contributed by atoms with Crippen molar-refractivity contribution >= 4 is 17.5 Å². The van der Waals surface area contributed by atoms with Gasteiger partial charge in [-0.2, -0.15) is 0 Å². The number of phenolic OH excluding ortho intramolecular Hbond substituents is 1. The van der Waals surface area contributed by atoms with Gasteiger partial charge in [-0.15, -0.1) is 11.6 Å². The lowest BCUT2D eigenvalue weighted by Crippen LogP contribution is -2.49. The molecular formula is C14H19ClN2O2. The molecule has 0 saturated carbocycles. The van der Waals surface area contributed by atoms with E-state index < -0.39 is 0 Å². The van der Waals surface area contributed by atoms with Crippen LogP contribution < -0.4 is 0 Å². The molecule has 1 saturated heterocycles. The van der Waals surface area contributed by atoms with E-state index in [-0.39, 0.29) is 11.7 Å². The Hall–Kier alpha value is -1.26. The zero-order chi connectivity index (χ0) is 13.8. The Morgan fingerprint density at radius 1 is 1.32 bits per heavy atom. The number of piperazine rings is 1. The van der Waals surface area contributed by atoms with Crippen molar-refractivity contribution in [3.63, 3.8) is 0 Å². The lowest BCUT2D eigenvalue weighted by molar-refractivity contribution is 0.0643. The van der Waals surface area contributed by atoms with Gasteiger partial charge in [-0.1, -0.05) is 6.07 Å². The predicted octanol–water partition coefficient (Wildman–Crippen LogP) is 1.70. The van der Waals surface area contributed by atoms with Gasteiger partial charge in [0, 0.05) is 49.7 Å². The Morgan fingerprint density at radius 2 is 2.00 bits per heavy atom. The number of carbonyl (C=O) groups is 1. The molecule has 0 bridgehead atoms. The van der Waals surface area contributed by atoms with Crippen LogP contribution in [0.2, 0.25) is 0 Å². The normalized spacial score (nSPS) is 16.6. The second kappa shape index (κ2) is 6.26. The van der Waals surface area contributed by atoms with Crippen molar-refractivity contribution in [2.24, 2.45) is 0 Å². The quantitative estimate of drug-likeness (QED) is 0.858. The summed E-state index contributed by atoms with van der Waals surface area (Å²) >= 11 is 5.72. The molecule has 0 aromatic heterocycles. The second-order valence-electron chi connectivity index (χ2n) is 4.77. The molecule has 1 amide bonds. The summed E-state index contributed by atoms with van der Waals surface area (Å²) in [5.74, 6) is 0.796. The highest BCUT2D eigenvalue weighted by molar-refractivity contribution is 6.18. The first-order chi connectivity index (χ1) is 9.13. The van der Waals surface area contributed by atoms with Crippen molar-refractivity contribution in [3.8, 4) is 5.75 Å². The van der Waals surface area contributed by atoms with Gasteiger partial charge in [0.05, 0.1) is 0 Å². The third-order valence-corrected chi connectivity index (χ3v) is 3.76. The summed E-state index contributed by atoms with van der Waals surface area (Å²) in [5.41, 5.74) is 1.24. The average molecular weight is 283 g/mol. The summed E-state index contributed by atoms with van der Waals surface area (Å²) in [5, 5.41) is 9.67. The molecule has 0 atom stereocenters. The molecule has 0 unspecified atom stereocenters. The standard InChI is InChI=1S/C14H19ClN2O2/c1-11-12(3-2-4-13(11)18)14(19)17-9-7-16(6-5-15)8-10-17/h2-4,18H,5-10H2,1H3. The summed E-state index contributed by atoms with van der Waals surface area (Å²) < 4.78 is 0. The third-order valence-electron chi connectivity index (χ3n) is 3.60. The molecule has 1 aromatic carbocycles. The van der Waals surface area contributed by atoms with Crippen molar-refractivity contribution in [2.45, 2.75) is 6.92 Å². The second-order valence-corrected chi connectivity index (χ2v) is 5.15. The van der Waals surface area contributed by atoms with Crippen LogP contribution in [0.1, 0.15) is 15.9 Å². The highest BCUT2D eigenvalue weighted by atomic mass is 35.5.